The van der Waals surface area contributed by atoms with E-state index in [-0.39, 0.29) is 23.0 Å². The van der Waals surface area contributed by atoms with E-state index >= 15 is 0 Å². The highest BCUT2D eigenvalue weighted by atomic mass is 32.2. The van der Waals surface area contributed by atoms with E-state index in [9.17, 15) is 13.5 Å². The number of rotatable bonds is 5. The molecule has 2 N–H and O–H groups in total. The molecule has 2 rings (SSSR count). The number of nitrogens with zero attached hydrogens (tertiary/aromatic N) is 1. The van der Waals surface area contributed by atoms with Gasteiger partial charge in [0.25, 0.3) is 0 Å². The Morgan fingerprint density at radius 3 is 2.68 bits per heavy atom. The summed E-state index contributed by atoms with van der Waals surface area (Å²) in [5.74, 6) is 0. The van der Waals surface area contributed by atoms with Crippen molar-refractivity contribution >= 4 is 15.7 Å². The molecular formula is C16H26N2O3S. The predicted octanol–water partition coefficient (Wildman–Crippen LogP) is 1.89. The molecule has 6 heteroatoms. The highest BCUT2D eigenvalue weighted by Gasteiger charge is 2.40. The molecule has 1 aromatic carbocycles. The van der Waals surface area contributed by atoms with Crippen molar-refractivity contribution in [3.05, 3.63) is 23.8 Å². The molecule has 0 bridgehead atoms. The number of sulfonamides is 1. The van der Waals surface area contributed by atoms with Crippen molar-refractivity contribution in [2.45, 2.75) is 44.0 Å². The monoisotopic (exact) mass is 326 g/mol. The van der Waals surface area contributed by atoms with E-state index in [1.807, 2.05) is 38.9 Å². The summed E-state index contributed by atoms with van der Waals surface area (Å²) in [4.78, 5) is 2.18. The lowest BCUT2D eigenvalue weighted by atomic mass is 9.86. The Hall–Kier alpha value is -1.11. The van der Waals surface area contributed by atoms with Crippen LogP contribution >= 0.6 is 0 Å². The summed E-state index contributed by atoms with van der Waals surface area (Å²) in [6.45, 7) is 3.89. The van der Waals surface area contributed by atoms with E-state index < -0.39 is 10.0 Å². The Balaban J connectivity index is 2.30. The second-order valence-electron chi connectivity index (χ2n) is 6.72. The quantitative estimate of drug-likeness (QED) is 0.867. The number of hydrogen-bond acceptors (Lipinski definition) is 4. The fourth-order valence-corrected chi connectivity index (χ4v) is 4.54. The zero-order valence-corrected chi connectivity index (χ0v) is 14.6. The van der Waals surface area contributed by atoms with E-state index in [1.165, 1.54) is 0 Å². The molecule has 0 spiro atoms. The van der Waals surface area contributed by atoms with Gasteiger partial charge < -0.3 is 10.0 Å². The lowest BCUT2D eigenvalue weighted by Gasteiger charge is -2.30. The van der Waals surface area contributed by atoms with Gasteiger partial charge in [0.05, 0.1) is 4.90 Å². The minimum absolute atomic E-state index is 0.00294. The Labute approximate surface area is 133 Å². The van der Waals surface area contributed by atoms with E-state index in [1.54, 1.807) is 12.1 Å². The number of nitrogens with one attached hydrogen (secondary N) is 1. The van der Waals surface area contributed by atoms with E-state index in [0.29, 0.717) is 0 Å². The zero-order chi connectivity index (χ0) is 16.5. The van der Waals surface area contributed by atoms with Crippen molar-refractivity contribution in [2.24, 2.45) is 5.41 Å². The van der Waals surface area contributed by atoms with Crippen molar-refractivity contribution in [2.75, 3.05) is 25.6 Å². The van der Waals surface area contributed by atoms with Crippen molar-refractivity contribution in [1.29, 1.82) is 0 Å². The molecule has 1 aliphatic rings. The van der Waals surface area contributed by atoms with Gasteiger partial charge in [-0.2, -0.15) is 0 Å². The van der Waals surface area contributed by atoms with Crippen LogP contribution in [0.4, 0.5) is 5.69 Å². The van der Waals surface area contributed by atoms with Gasteiger partial charge in [-0.15, -0.1) is 0 Å². The molecular weight excluding hydrogens is 300 g/mol. The second kappa shape index (κ2) is 6.18. The highest BCUT2D eigenvalue weighted by molar-refractivity contribution is 7.89. The van der Waals surface area contributed by atoms with Gasteiger partial charge >= 0.3 is 0 Å². The molecule has 1 saturated carbocycles. The van der Waals surface area contributed by atoms with Crippen LogP contribution in [0.2, 0.25) is 0 Å². The number of benzene rings is 1. The molecule has 0 amide bonds. The lowest BCUT2D eigenvalue weighted by Crippen LogP contribution is -2.44. The Morgan fingerprint density at radius 2 is 2.09 bits per heavy atom. The standard InChI is InChI=1S/C16H26N2O3S/c1-12-7-8-13(10-14(12)18(3)4)22(20,21)17-15-6-5-9-16(15,2)11-19/h7-8,10,15,17,19H,5-6,9,11H2,1-4H3. The topological polar surface area (TPSA) is 69.6 Å². The average molecular weight is 326 g/mol. The molecule has 0 aromatic heterocycles. The van der Waals surface area contributed by atoms with Gasteiger partial charge in [-0.1, -0.05) is 19.4 Å². The smallest absolute Gasteiger partial charge is 0.240 e. The minimum atomic E-state index is -3.59. The summed E-state index contributed by atoms with van der Waals surface area (Å²) in [7, 11) is 0.204. The fraction of sp³-hybridized carbons (Fsp3) is 0.625. The highest BCUT2D eigenvalue weighted by Crippen LogP contribution is 2.38. The molecule has 0 radical (unpaired) electrons. The molecule has 124 valence electrons. The van der Waals surface area contributed by atoms with Crippen LogP contribution in [-0.4, -0.2) is 40.3 Å². The van der Waals surface area contributed by atoms with Crippen molar-refractivity contribution < 1.29 is 13.5 Å². The van der Waals surface area contributed by atoms with E-state index in [0.717, 1.165) is 30.5 Å². The van der Waals surface area contributed by atoms with Gasteiger partial charge in [0.2, 0.25) is 10.0 Å². The molecule has 0 saturated heterocycles. The predicted molar refractivity (Wildman–Crippen MR) is 88.7 cm³/mol. The molecule has 0 heterocycles. The fourth-order valence-electron chi connectivity index (χ4n) is 3.12. The largest absolute Gasteiger partial charge is 0.396 e. The molecule has 5 nitrogen and oxygen atoms in total. The maximum absolute atomic E-state index is 12.7. The molecule has 1 aromatic rings. The minimum Gasteiger partial charge on any atom is -0.396 e. The van der Waals surface area contributed by atoms with Crippen LogP contribution in [0.15, 0.2) is 23.1 Å². The third-order valence-corrected chi connectivity index (χ3v) is 6.18. The van der Waals surface area contributed by atoms with Crippen molar-refractivity contribution in [3.8, 4) is 0 Å². The summed E-state index contributed by atoms with van der Waals surface area (Å²) in [6, 6.07) is 4.94. The molecule has 0 aliphatic heterocycles. The SMILES string of the molecule is Cc1ccc(S(=O)(=O)NC2CCCC2(C)CO)cc1N(C)C. The molecule has 1 aliphatic carbocycles. The number of hydrogen-bond donors (Lipinski definition) is 2. The normalized spacial score (nSPS) is 25.4. The van der Waals surface area contributed by atoms with Crippen molar-refractivity contribution in [1.82, 2.24) is 4.72 Å². The second-order valence-corrected chi connectivity index (χ2v) is 8.43. The van der Waals surface area contributed by atoms with Gasteiger partial charge in [0.15, 0.2) is 0 Å². The van der Waals surface area contributed by atoms with Crippen LogP contribution in [0.1, 0.15) is 31.7 Å². The summed E-state index contributed by atoms with van der Waals surface area (Å²) in [5, 5.41) is 9.57. The first-order valence-corrected chi connectivity index (χ1v) is 9.09. The number of anilines is 1. The van der Waals surface area contributed by atoms with Gasteiger partial charge in [0, 0.05) is 37.8 Å². The first-order valence-electron chi connectivity index (χ1n) is 7.61. The van der Waals surface area contributed by atoms with Gasteiger partial charge in [-0.3, -0.25) is 0 Å². The van der Waals surface area contributed by atoms with E-state index in [4.69, 9.17) is 0 Å². The summed E-state index contributed by atoms with van der Waals surface area (Å²) < 4.78 is 28.1. The summed E-state index contributed by atoms with van der Waals surface area (Å²) >= 11 is 0. The Bertz CT molecular complexity index is 643. The Morgan fingerprint density at radius 1 is 1.41 bits per heavy atom. The molecule has 1 fully saturated rings. The first kappa shape index (κ1) is 17.2. The first-order chi connectivity index (χ1) is 10.2. The lowest BCUT2D eigenvalue weighted by molar-refractivity contribution is 0.127. The van der Waals surface area contributed by atoms with Crippen LogP contribution in [-0.2, 0) is 10.0 Å². The molecule has 2 atom stereocenters. The Kier molecular flexibility index (Phi) is 4.84. The van der Waals surface area contributed by atoms with Crippen LogP contribution in [0.25, 0.3) is 0 Å². The number of aryl methyl sites for hydroxylation is 1. The third kappa shape index (κ3) is 3.29. The van der Waals surface area contributed by atoms with Crippen LogP contribution in [0.5, 0.6) is 0 Å². The number of aliphatic hydroxyl groups excluding tert-OH is 1. The zero-order valence-electron chi connectivity index (χ0n) is 13.8. The van der Waals surface area contributed by atoms with Gasteiger partial charge in [-0.05, 0) is 37.5 Å². The number of aliphatic hydroxyl groups is 1. The van der Waals surface area contributed by atoms with Crippen LogP contribution in [0.3, 0.4) is 0 Å². The summed E-state index contributed by atoms with van der Waals surface area (Å²) in [6.07, 6.45) is 2.54. The van der Waals surface area contributed by atoms with Crippen LogP contribution in [0, 0.1) is 12.3 Å². The van der Waals surface area contributed by atoms with Crippen molar-refractivity contribution in [3.63, 3.8) is 0 Å². The molecule has 2 unspecified atom stereocenters. The third-order valence-electron chi connectivity index (χ3n) is 4.71. The van der Waals surface area contributed by atoms with Gasteiger partial charge in [-0.25, -0.2) is 13.1 Å². The summed E-state index contributed by atoms with van der Waals surface area (Å²) in [5.41, 5.74) is 1.55. The van der Waals surface area contributed by atoms with Gasteiger partial charge in [0.1, 0.15) is 0 Å². The maximum atomic E-state index is 12.7. The van der Waals surface area contributed by atoms with E-state index in [2.05, 4.69) is 4.72 Å². The average Bonchev–Trinajstić information content (AvgIpc) is 2.80. The molecule has 22 heavy (non-hydrogen) atoms. The maximum Gasteiger partial charge on any atom is 0.240 e. The van der Waals surface area contributed by atoms with Crippen LogP contribution < -0.4 is 9.62 Å².